The van der Waals surface area contributed by atoms with Crippen LogP contribution in [0, 0.1) is 0 Å². The van der Waals surface area contributed by atoms with Crippen LogP contribution >= 0.6 is 0 Å². The molecule has 0 saturated carbocycles. The largest absolute Gasteiger partial charge is 0.327 e. The number of aryl methyl sites for hydroxylation is 1. The van der Waals surface area contributed by atoms with Crippen molar-refractivity contribution in [1.29, 1.82) is 0 Å². The number of para-hydroxylation sites is 1. The van der Waals surface area contributed by atoms with Crippen molar-refractivity contribution in [2.24, 2.45) is 0 Å². The molecule has 0 aliphatic heterocycles. The van der Waals surface area contributed by atoms with Gasteiger partial charge in [0, 0.05) is 24.5 Å². The predicted octanol–water partition coefficient (Wildman–Crippen LogP) is 3.91. The molecule has 112 valence electrons. The number of nitrogens with zero attached hydrogens (tertiary/aromatic N) is 2. The fourth-order valence-electron chi connectivity index (χ4n) is 2.55. The third-order valence-electron chi connectivity index (χ3n) is 3.47. The predicted molar refractivity (Wildman–Crippen MR) is 90.1 cm³/mol. The molecule has 1 heterocycles. The summed E-state index contributed by atoms with van der Waals surface area (Å²) in [6.45, 7) is 6.14. The van der Waals surface area contributed by atoms with Crippen LogP contribution in [-0.4, -0.2) is 18.6 Å². The summed E-state index contributed by atoms with van der Waals surface area (Å²) in [5.41, 5.74) is 3.66. The maximum Gasteiger partial charge on any atom is 0.133 e. The first kappa shape index (κ1) is 15.5. The van der Waals surface area contributed by atoms with Crippen LogP contribution in [0.3, 0.4) is 0 Å². The second kappa shape index (κ2) is 7.79. The normalized spacial score (nSPS) is 10.6. The van der Waals surface area contributed by atoms with Crippen LogP contribution in [0.1, 0.15) is 31.5 Å². The van der Waals surface area contributed by atoms with E-state index < -0.39 is 0 Å². The lowest BCUT2D eigenvalue weighted by Crippen LogP contribution is -2.18. The Hall–Kier alpha value is -1.87. The van der Waals surface area contributed by atoms with Crippen molar-refractivity contribution in [2.75, 3.05) is 18.5 Å². The fourth-order valence-corrected chi connectivity index (χ4v) is 2.55. The van der Waals surface area contributed by atoms with Gasteiger partial charge in [-0.2, -0.15) is 0 Å². The van der Waals surface area contributed by atoms with Gasteiger partial charge in [-0.15, -0.1) is 0 Å². The zero-order valence-corrected chi connectivity index (χ0v) is 13.3. The molecule has 0 spiro atoms. The van der Waals surface area contributed by atoms with E-state index in [9.17, 15) is 0 Å². The first-order valence-corrected chi connectivity index (χ1v) is 7.75. The van der Waals surface area contributed by atoms with Crippen molar-refractivity contribution in [3.8, 4) is 0 Å². The molecule has 2 rings (SSSR count). The SMILES string of the molecule is CCCc1cc(CNC)cc(N(CC)c2ccccc2)n1. The molecule has 21 heavy (non-hydrogen) atoms. The van der Waals surface area contributed by atoms with Crippen molar-refractivity contribution >= 4 is 11.5 Å². The van der Waals surface area contributed by atoms with E-state index in [1.807, 2.05) is 13.1 Å². The number of nitrogens with one attached hydrogen (secondary N) is 1. The van der Waals surface area contributed by atoms with Crippen LogP contribution in [0.15, 0.2) is 42.5 Å². The third kappa shape index (κ3) is 4.05. The van der Waals surface area contributed by atoms with E-state index in [4.69, 9.17) is 4.98 Å². The molecule has 3 heteroatoms. The Bertz CT molecular complexity index is 527. The highest BCUT2D eigenvalue weighted by atomic mass is 15.2. The van der Waals surface area contributed by atoms with E-state index in [1.165, 1.54) is 16.9 Å². The number of pyridine rings is 1. The average molecular weight is 283 g/mol. The summed E-state index contributed by atoms with van der Waals surface area (Å²) < 4.78 is 0. The standard InChI is InChI=1S/C18H25N3/c1-4-9-16-12-15(14-19-3)13-18(20-16)21(5-2)17-10-7-6-8-11-17/h6-8,10-13,19H,4-5,9,14H2,1-3H3. The molecule has 1 aromatic heterocycles. The minimum absolute atomic E-state index is 0.874. The van der Waals surface area contributed by atoms with Gasteiger partial charge >= 0.3 is 0 Å². The molecule has 0 unspecified atom stereocenters. The molecule has 0 bridgehead atoms. The van der Waals surface area contributed by atoms with Gasteiger partial charge in [0.25, 0.3) is 0 Å². The van der Waals surface area contributed by atoms with Crippen molar-refractivity contribution in [3.05, 3.63) is 53.7 Å². The topological polar surface area (TPSA) is 28.2 Å². The molecule has 1 aromatic carbocycles. The first-order chi connectivity index (χ1) is 10.3. The summed E-state index contributed by atoms with van der Waals surface area (Å²) in [4.78, 5) is 7.11. The molecule has 0 amide bonds. The zero-order valence-electron chi connectivity index (χ0n) is 13.3. The summed E-state index contributed by atoms with van der Waals surface area (Å²) in [6.07, 6.45) is 2.14. The Balaban J connectivity index is 2.39. The van der Waals surface area contributed by atoms with E-state index in [-0.39, 0.29) is 0 Å². The lowest BCUT2D eigenvalue weighted by molar-refractivity contribution is 0.802. The Labute approximate surface area is 128 Å². The lowest BCUT2D eigenvalue weighted by Gasteiger charge is -2.23. The molecule has 0 aliphatic rings. The van der Waals surface area contributed by atoms with Crippen LogP contribution in [0.2, 0.25) is 0 Å². The number of hydrogen-bond acceptors (Lipinski definition) is 3. The molecule has 0 aliphatic carbocycles. The van der Waals surface area contributed by atoms with E-state index in [1.54, 1.807) is 0 Å². The van der Waals surface area contributed by atoms with Crippen molar-refractivity contribution < 1.29 is 0 Å². The monoisotopic (exact) mass is 283 g/mol. The molecule has 3 nitrogen and oxygen atoms in total. The van der Waals surface area contributed by atoms with Gasteiger partial charge in [0.1, 0.15) is 5.82 Å². The number of rotatable bonds is 7. The van der Waals surface area contributed by atoms with Crippen LogP contribution in [0.5, 0.6) is 0 Å². The first-order valence-electron chi connectivity index (χ1n) is 7.75. The van der Waals surface area contributed by atoms with E-state index >= 15 is 0 Å². The van der Waals surface area contributed by atoms with E-state index in [0.717, 1.165) is 31.7 Å². The van der Waals surface area contributed by atoms with Crippen LogP contribution in [0.25, 0.3) is 0 Å². The van der Waals surface area contributed by atoms with E-state index in [2.05, 4.69) is 60.5 Å². The Morgan fingerprint density at radius 1 is 1.10 bits per heavy atom. The molecule has 0 saturated heterocycles. The molecular formula is C18H25N3. The maximum atomic E-state index is 4.85. The third-order valence-corrected chi connectivity index (χ3v) is 3.47. The molecular weight excluding hydrogens is 258 g/mol. The van der Waals surface area contributed by atoms with Gasteiger partial charge in [-0.1, -0.05) is 31.5 Å². The van der Waals surface area contributed by atoms with Crippen molar-refractivity contribution in [2.45, 2.75) is 33.2 Å². The minimum atomic E-state index is 0.874. The number of benzene rings is 1. The van der Waals surface area contributed by atoms with Crippen LogP contribution in [-0.2, 0) is 13.0 Å². The van der Waals surface area contributed by atoms with Crippen molar-refractivity contribution in [1.82, 2.24) is 10.3 Å². The minimum Gasteiger partial charge on any atom is -0.327 e. The number of aromatic nitrogens is 1. The maximum absolute atomic E-state index is 4.85. The van der Waals surface area contributed by atoms with Gasteiger partial charge in [0.05, 0.1) is 0 Å². The van der Waals surface area contributed by atoms with E-state index in [0.29, 0.717) is 0 Å². The second-order valence-corrected chi connectivity index (χ2v) is 5.19. The highest BCUT2D eigenvalue weighted by molar-refractivity contribution is 5.60. The molecule has 2 aromatic rings. The Morgan fingerprint density at radius 3 is 2.48 bits per heavy atom. The molecule has 0 fully saturated rings. The fraction of sp³-hybridized carbons (Fsp3) is 0.389. The second-order valence-electron chi connectivity index (χ2n) is 5.19. The Kier molecular flexibility index (Phi) is 5.76. The molecule has 0 radical (unpaired) electrons. The lowest BCUT2D eigenvalue weighted by atomic mass is 10.1. The Morgan fingerprint density at radius 2 is 1.86 bits per heavy atom. The number of anilines is 2. The molecule has 1 N–H and O–H groups in total. The average Bonchev–Trinajstić information content (AvgIpc) is 2.50. The van der Waals surface area contributed by atoms with Gasteiger partial charge in [0.2, 0.25) is 0 Å². The quantitative estimate of drug-likeness (QED) is 0.835. The summed E-state index contributed by atoms with van der Waals surface area (Å²) in [5, 5.41) is 3.23. The smallest absolute Gasteiger partial charge is 0.133 e. The highest BCUT2D eigenvalue weighted by Gasteiger charge is 2.10. The van der Waals surface area contributed by atoms with Gasteiger partial charge < -0.3 is 10.2 Å². The van der Waals surface area contributed by atoms with Gasteiger partial charge in [-0.3, -0.25) is 0 Å². The van der Waals surface area contributed by atoms with Gasteiger partial charge in [-0.25, -0.2) is 4.98 Å². The van der Waals surface area contributed by atoms with Crippen LogP contribution in [0.4, 0.5) is 11.5 Å². The molecule has 0 atom stereocenters. The van der Waals surface area contributed by atoms with Gasteiger partial charge in [-0.05, 0) is 50.2 Å². The zero-order chi connectivity index (χ0) is 15.1. The summed E-state index contributed by atoms with van der Waals surface area (Å²) in [7, 11) is 1.98. The number of hydrogen-bond donors (Lipinski definition) is 1. The summed E-state index contributed by atoms with van der Waals surface area (Å²) in [5.74, 6) is 1.04. The van der Waals surface area contributed by atoms with Gasteiger partial charge in [0.15, 0.2) is 0 Å². The van der Waals surface area contributed by atoms with Crippen LogP contribution < -0.4 is 10.2 Å². The summed E-state index contributed by atoms with van der Waals surface area (Å²) >= 11 is 0. The summed E-state index contributed by atoms with van der Waals surface area (Å²) in [6, 6.07) is 14.9. The highest BCUT2D eigenvalue weighted by Crippen LogP contribution is 2.24. The van der Waals surface area contributed by atoms with Crippen molar-refractivity contribution in [3.63, 3.8) is 0 Å².